The molecule has 3 rings (SSSR count). The fourth-order valence-electron chi connectivity index (χ4n) is 2.55. The Morgan fingerprint density at radius 2 is 2.14 bits per heavy atom. The Balaban J connectivity index is 1.75. The van der Waals surface area contributed by atoms with Crippen molar-refractivity contribution in [3.05, 3.63) is 24.2 Å². The molecule has 0 N–H and O–H groups in total. The van der Waals surface area contributed by atoms with Crippen LogP contribution < -0.4 is 4.74 Å². The van der Waals surface area contributed by atoms with Crippen LogP contribution in [-0.4, -0.2) is 39.7 Å². The van der Waals surface area contributed by atoms with Crippen LogP contribution in [0.1, 0.15) is 32.1 Å². The van der Waals surface area contributed by atoms with E-state index in [-0.39, 0.29) is 0 Å². The van der Waals surface area contributed by atoms with Crippen LogP contribution >= 0.6 is 0 Å². The highest BCUT2D eigenvalue weighted by Gasteiger charge is 2.17. The maximum absolute atomic E-state index is 5.51. The molecule has 2 aromatic heterocycles. The van der Waals surface area contributed by atoms with Crippen molar-refractivity contribution in [2.45, 2.75) is 32.7 Å². The smallest absolute Gasteiger partial charge is 0.241 e. The van der Waals surface area contributed by atoms with Gasteiger partial charge in [-0.25, -0.2) is 4.98 Å². The normalized spacial score (nSPS) is 16.0. The Kier molecular flexibility index (Phi) is 4.45. The first-order chi connectivity index (χ1) is 10.4. The molecule has 0 aliphatic carbocycles. The molecule has 0 amide bonds. The zero-order chi connectivity index (χ0) is 14.5. The van der Waals surface area contributed by atoms with Crippen molar-refractivity contribution in [1.82, 2.24) is 20.0 Å². The predicted molar refractivity (Wildman–Crippen MR) is 77.8 cm³/mol. The second kappa shape index (κ2) is 6.67. The highest BCUT2D eigenvalue weighted by molar-refractivity contribution is 5.60. The number of ether oxygens (including phenoxy) is 1. The molecule has 0 saturated carbocycles. The molecule has 2 aromatic rings. The summed E-state index contributed by atoms with van der Waals surface area (Å²) in [6.07, 6.45) is 5.51. The Labute approximate surface area is 124 Å². The zero-order valence-corrected chi connectivity index (χ0v) is 12.3. The van der Waals surface area contributed by atoms with Crippen LogP contribution in [-0.2, 0) is 6.54 Å². The van der Waals surface area contributed by atoms with E-state index in [1.807, 2.05) is 19.1 Å². The molecule has 21 heavy (non-hydrogen) atoms. The molecule has 0 unspecified atom stereocenters. The van der Waals surface area contributed by atoms with Crippen LogP contribution in [0.4, 0.5) is 0 Å². The SMILES string of the molecule is CCOc1ncccc1-c1noc(CN2CCCCC2)n1. The number of piperidine rings is 1. The molecule has 1 fully saturated rings. The zero-order valence-electron chi connectivity index (χ0n) is 12.3. The highest BCUT2D eigenvalue weighted by Crippen LogP contribution is 2.25. The van der Waals surface area contributed by atoms with E-state index in [0.717, 1.165) is 25.2 Å². The molecule has 0 atom stereocenters. The average Bonchev–Trinajstić information content (AvgIpc) is 2.97. The molecule has 1 aliphatic heterocycles. The fourth-order valence-corrected chi connectivity index (χ4v) is 2.55. The molecule has 1 aliphatic rings. The quantitative estimate of drug-likeness (QED) is 0.842. The van der Waals surface area contributed by atoms with Gasteiger partial charge in [0.25, 0.3) is 0 Å². The molecule has 112 valence electrons. The molecule has 0 aromatic carbocycles. The number of hydrogen-bond acceptors (Lipinski definition) is 6. The lowest BCUT2D eigenvalue weighted by atomic mass is 10.1. The van der Waals surface area contributed by atoms with Gasteiger partial charge in [-0.3, -0.25) is 4.90 Å². The Hall–Kier alpha value is -1.95. The van der Waals surface area contributed by atoms with Crippen molar-refractivity contribution in [3.63, 3.8) is 0 Å². The van der Waals surface area contributed by atoms with Crippen LogP contribution in [0.2, 0.25) is 0 Å². The number of hydrogen-bond donors (Lipinski definition) is 0. The van der Waals surface area contributed by atoms with Crippen LogP contribution in [0.5, 0.6) is 5.88 Å². The van der Waals surface area contributed by atoms with Crippen LogP contribution in [0.3, 0.4) is 0 Å². The van der Waals surface area contributed by atoms with E-state index in [1.54, 1.807) is 6.20 Å². The van der Waals surface area contributed by atoms with Crippen molar-refractivity contribution in [3.8, 4) is 17.3 Å². The number of pyridine rings is 1. The van der Waals surface area contributed by atoms with Gasteiger partial charge in [-0.15, -0.1) is 0 Å². The monoisotopic (exact) mass is 288 g/mol. The van der Waals surface area contributed by atoms with Crippen molar-refractivity contribution in [2.75, 3.05) is 19.7 Å². The topological polar surface area (TPSA) is 64.3 Å². The number of nitrogens with zero attached hydrogens (tertiary/aromatic N) is 4. The number of aromatic nitrogens is 3. The van der Waals surface area contributed by atoms with Gasteiger partial charge in [0.15, 0.2) is 0 Å². The number of rotatable bonds is 5. The van der Waals surface area contributed by atoms with Crippen molar-refractivity contribution in [2.24, 2.45) is 0 Å². The third kappa shape index (κ3) is 3.39. The van der Waals surface area contributed by atoms with Gasteiger partial charge < -0.3 is 9.26 Å². The van der Waals surface area contributed by atoms with E-state index in [2.05, 4.69) is 20.0 Å². The van der Waals surface area contributed by atoms with Gasteiger partial charge in [-0.2, -0.15) is 4.98 Å². The van der Waals surface area contributed by atoms with E-state index in [1.165, 1.54) is 19.3 Å². The Morgan fingerprint density at radius 1 is 1.29 bits per heavy atom. The lowest BCUT2D eigenvalue weighted by Gasteiger charge is -2.24. The predicted octanol–water partition coefficient (Wildman–Crippen LogP) is 2.52. The summed E-state index contributed by atoms with van der Waals surface area (Å²) in [7, 11) is 0. The third-order valence-electron chi connectivity index (χ3n) is 3.57. The summed E-state index contributed by atoms with van der Waals surface area (Å²) in [5, 5.41) is 4.06. The van der Waals surface area contributed by atoms with Crippen LogP contribution in [0.15, 0.2) is 22.9 Å². The van der Waals surface area contributed by atoms with Crippen molar-refractivity contribution in [1.29, 1.82) is 0 Å². The molecule has 1 saturated heterocycles. The largest absolute Gasteiger partial charge is 0.477 e. The summed E-state index contributed by atoms with van der Waals surface area (Å²) in [6, 6.07) is 3.74. The molecule has 0 spiro atoms. The second-order valence-corrected chi connectivity index (χ2v) is 5.14. The van der Waals surface area contributed by atoms with E-state index < -0.39 is 0 Å². The van der Waals surface area contributed by atoms with Gasteiger partial charge in [0.05, 0.1) is 18.7 Å². The van der Waals surface area contributed by atoms with Gasteiger partial charge in [-0.05, 0) is 45.0 Å². The minimum absolute atomic E-state index is 0.540. The maximum atomic E-state index is 5.51. The molecular weight excluding hydrogens is 268 g/mol. The van der Waals surface area contributed by atoms with E-state index in [4.69, 9.17) is 9.26 Å². The summed E-state index contributed by atoms with van der Waals surface area (Å²) in [6.45, 7) is 5.42. The highest BCUT2D eigenvalue weighted by atomic mass is 16.5. The Bertz CT molecular complexity index is 579. The van der Waals surface area contributed by atoms with Gasteiger partial charge >= 0.3 is 0 Å². The van der Waals surface area contributed by atoms with Gasteiger partial charge in [0.1, 0.15) is 0 Å². The molecule has 0 radical (unpaired) electrons. The van der Waals surface area contributed by atoms with Gasteiger partial charge in [0, 0.05) is 6.20 Å². The van der Waals surface area contributed by atoms with E-state index in [9.17, 15) is 0 Å². The molecule has 0 bridgehead atoms. The molecule has 3 heterocycles. The lowest BCUT2D eigenvalue weighted by molar-refractivity contribution is 0.193. The average molecular weight is 288 g/mol. The first kappa shape index (κ1) is 14.0. The standard InChI is InChI=1S/C15H20N4O2/c1-2-20-15-12(7-6-8-16-15)14-17-13(21-18-14)11-19-9-4-3-5-10-19/h6-8H,2-5,9-11H2,1H3. The van der Waals surface area contributed by atoms with Gasteiger partial charge in [0.2, 0.25) is 17.6 Å². The Morgan fingerprint density at radius 3 is 2.95 bits per heavy atom. The first-order valence-electron chi connectivity index (χ1n) is 7.50. The first-order valence-corrected chi connectivity index (χ1v) is 7.50. The minimum Gasteiger partial charge on any atom is -0.477 e. The summed E-state index contributed by atoms with van der Waals surface area (Å²) < 4.78 is 10.9. The fraction of sp³-hybridized carbons (Fsp3) is 0.533. The summed E-state index contributed by atoms with van der Waals surface area (Å²) in [5.41, 5.74) is 0.771. The lowest BCUT2D eigenvalue weighted by Crippen LogP contribution is -2.29. The van der Waals surface area contributed by atoms with E-state index >= 15 is 0 Å². The van der Waals surface area contributed by atoms with Crippen molar-refractivity contribution < 1.29 is 9.26 Å². The summed E-state index contributed by atoms with van der Waals surface area (Å²) >= 11 is 0. The van der Waals surface area contributed by atoms with Gasteiger partial charge in [-0.1, -0.05) is 11.6 Å². The molecule has 6 nitrogen and oxygen atoms in total. The second-order valence-electron chi connectivity index (χ2n) is 5.14. The molecule has 6 heteroatoms. The van der Waals surface area contributed by atoms with Crippen LogP contribution in [0.25, 0.3) is 11.4 Å². The third-order valence-corrected chi connectivity index (χ3v) is 3.57. The van der Waals surface area contributed by atoms with Crippen molar-refractivity contribution >= 4 is 0 Å². The maximum Gasteiger partial charge on any atom is 0.241 e. The van der Waals surface area contributed by atoms with E-state index in [0.29, 0.717) is 24.2 Å². The summed E-state index contributed by atoms with van der Waals surface area (Å²) in [5.74, 6) is 1.74. The minimum atomic E-state index is 0.540. The number of likely N-dealkylation sites (tertiary alicyclic amines) is 1. The molecular formula is C15H20N4O2. The summed E-state index contributed by atoms with van der Waals surface area (Å²) in [4.78, 5) is 11.0. The van der Waals surface area contributed by atoms with Crippen LogP contribution in [0, 0.1) is 0 Å².